The number of ketones is 1. The van der Waals surface area contributed by atoms with E-state index in [4.69, 9.17) is 10.5 Å². The van der Waals surface area contributed by atoms with Crippen molar-refractivity contribution in [1.29, 1.82) is 5.26 Å². The molecule has 1 aliphatic rings. The topological polar surface area (TPSA) is 201 Å². The van der Waals surface area contributed by atoms with Gasteiger partial charge in [-0.05, 0) is 50.1 Å². The van der Waals surface area contributed by atoms with Crippen LogP contribution in [0.3, 0.4) is 0 Å². The number of aliphatic hydroxyl groups is 1. The van der Waals surface area contributed by atoms with E-state index >= 15 is 0 Å². The number of fused-ring (bicyclic) bond motifs is 1. The van der Waals surface area contributed by atoms with Gasteiger partial charge < -0.3 is 25.5 Å². The number of allylic oxidation sites excluding steroid dienone is 1. The number of pyridine rings is 2. The van der Waals surface area contributed by atoms with Crippen molar-refractivity contribution in [3.8, 4) is 17.6 Å². The number of ether oxygens (including phenoxy) is 1. The molecule has 1 aliphatic heterocycles. The lowest BCUT2D eigenvalue weighted by Gasteiger charge is -2.28. The fourth-order valence-electron chi connectivity index (χ4n) is 4.86. The van der Waals surface area contributed by atoms with Crippen molar-refractivity contribution < 1.29 is 19.4 Å². The summed E-state index contributed by atoms with van der Waals surface area (Å²) in [4.78, 5) is 44.2. The zero-order chi connectivity index (χ0) is 29.6. The van der Waals surface area contributed by atoms with Crippen molar-refractivity contribution in [3.63, 3.8) is 0 Å². The number of aliphatic hydroxyl groups excluding tert-OH is 1. The largest absolute Gasteiger partial charge is 0.494 e. The molecule has 1 amide bonds. The van der Waals surface area contributed by atoms with Gasteiger partial charge >= 0.3 is 0 Å². The number of aromatic amines is 1. The molecule has 0 radical (unpaired) electrons. The zero-order valence-electron chi connectivity index (χ0n) is 22.9. The molecule has 0 saturated carbocycles. The number of nitriles is 1. The molecule has 5 N–H and O–H groups in total. The van der Waals surface area contributed by atoms with Gasteiger partial charge in [0.2, 0.25) is 0 Å². The minimum absolute atomic E-state index is 0.131. The van der Waals surface area contributed by atoms with Crippen LogP contribution < -0.4 is 15.8 Å². The molecule has 5 heterocycles. The number of aromatic nitrogens is 6. The van der Waals surface area contributed by atoms with Crippen molar-refractivity contribution in [2.45, 2.75) is 25.5 Å². The van der Waals surface area contributed by atoms with E-state index in [0.717, 1.165) is 5.57 Å². The molecule has 4 aromatic rings. The molecule has 216 valence electrons. The van der Waals surface area contributed by atoms with E-state index in [1.54, 1.807) is 18.3 Å². The van der Waals surface area contributed by atoms with Gasteiger partial charge in [0.15, 0.2) is 17.9 Å². The first-order valence-corrected chi connectivity index (χ1v) is 13.4. The molecule has 4 aromatic heterocycles. The number of Topliss-reactive ketones (excluding diaryl/α,β-unsaturated/α-hetero) is 1. The molecule has 1 atom stereocenters. The Labute approximate surface area is 240 Å². The molecule has 5 rings (SSSR count). The lowest BCUT2D eigenvalue weighted by Crippen LogP contribution is -2.40. The third-order valence-electron chi connectivity index (χ3n) is 7.04. The number of nitrogens with one attached hydrogen (secondary N) is 2. The van der Waals surface area contributed by atoms with E-state index in [9.17, 15) is 20.0 Å². The molecule has 0 aliphatic carbocycles. The monoisotopic (exact) mass is 570 g/mol. The highest BCUT2D eigenvalue weighted by molar-refractivity contribution is 6.45. The summed E-state index contributed by atoms with van der Waals surface area (Å²) in [5, 5.41) is 27.6. The number of methoxy groups -OCH3 is 1. The second-order valence-electron chi connectivity index (χ2n) is 9.58. The second kappa shape index (κ2) is 12.7. The van der Waals surface area contributed by atoms with E-state index in [0.29, 0.717) is 79.2 Å². The highest BCUT2D eigenvalue weighted by Gasteiger charge is 2.30. The summed E-state index contributed by atoms with van der Waals surface area (Å²) >= 11 is 0. The lowest BCUT2D eigenvalue weighted by atomic mass is 9.95. The van der Waals surface area contributed by atoms with Gasteiger partial charge in [-0.3, -0.25) is 19.9 Å². The van der Waals surface area contributed by atoms with E-state index in [2.05, 4.69) is 36.4 Å². The maximum Gasteiger partial charge on any atom is 0.295 e. The van der Waals surface area contributed by atoms with Gasteiger partial charge in [0.25, 0.3) is 11.7 Å². The SMILES string of the molecule is COc1cnc(-n2cnc(C(O)NCCCN)n2)c2[nH]cc(C(=O)C(=O)N3CCC(=C(C#N)c4ccccn4)CC3)c12. The zero-order valence-corrected chi connectivity index (χ0v) is 22.9. The number of amides is 1. The lowest BCUT2D eigenvalue weighted by molar-refractivity contribution is -0.126. The van der Waals surface area contributed by atoms with Gasteiger partial charge in [-0.2, -0.15) is 5.26 Å². The van der Waals surface area contributed by atoms with Crippen LogP contribution in [-0.2, 0) is 4.79 Å². The molecule has 0 bridgehead atoms. The van der Waals surface area contributed by atoms with Crippen molar-refractivity contribution >= 4 is 28.2 Å². The molecule has 0 spiro atoms. The van der Waals surface area contributed by atoms with Gasteiger partial charge in [0.05, 0.1) is 41.0 Å². The van der Waals surface area contributed by atoms with Crippen LogP contribution in [0.2, 0.25) is 0 Å². The number of carbonyl (C=O) groups excluding carboxylic acids is 2. The number of hydrogen-bond donors (Lipinski definition) is 4. The van der Waals surface area contributed by atoms with Gasteiger partial charge in [-0.15, -0.1) is 5.10 Å². The molecule has 1 saturated heterocycles. The second-order valence-corrected chi connectivity index (χ2v) is 9.58. The van der Waals surface area contributed by atoms with Crippen LogP contribution in [0.5, 0.6) is 5.75 Å². The Bertz CT molecular complexity index is 1660. The number of likely N-dealkylation sites (tertiary alicyclic amines) is 1. The molecule has 1 unspecified atom stereocenters. The molecule has 1 fully saturated rings. The van der Waals surface area contributed by atoms with Crippen molar-refractivity contribution in [1.82, 2.24) is 39.9 Å². The number of nitrogens with two attached hydrogens (primary N) is 1. The average molecular weight is 571 g/mol. The molecule has 42 heavy (non-hydrogen) atoms. The van der Waals surface area contributed by atoms with Gasteiger partial charge in [-0.25, -0.2) is 14.6 Å². The Balaban J connectivity index is 1.37. The van der Waals surface area contributed by atoms with Crippen molar-refractivity contribution in [2.75, 3.05) is 33.3 Å². The Morgan fingerprint density at radius 1 is 1.26 bits per heavy atom. The number of rotatable bonds is 10. The fourth-order valence-corrected chi connectivity index (χ4v) is 4.86. The van der Waals surface area contributed by atoms with E-state index in [-0.39, 0.29) is 11.4 Å². The maximum atomic E-state index is 13.5. The Morgan fingerprint density at radius 3 is 2.76 bits per heavy atom. The van der Waals surface area contributed by atoms with Gasteiger partial charge in [0.1, 0.15) is 18.1 Å². The fraction of sp³-hybridized carbons (Fsp3) is 0.321. The molecule has 0 aromatic carbocycles. The van der Waals surface area contributed by atoms with Crippen LogP contribution in [0, 0.1) is 11.3 Å². The van der Waals surface area contributed by atoms with E-state index in [1.165, 1.54) is 35.4 Å². The summed E-state index contributed by atoms with van der Waals surface area (Å²) in [5.74, 6) is -0.615. The third-order valence-corrected chi connectivity index (χ3v) is 7.04. The smallest absolute Gasteiger partial charge is 0.295 e. The van der Waals surface area contributed by atoms with E-state index in [1.807, 2.05) is 6.07 Å². The van der Waals surface area contributed by atoms with Crippen LogP contribution in [0.1, 0.15) is 47.4 Å². The number of hydrogen-bond acceptors (Lipinski definition) is 11. The first-order valence-electron chi connectivity index (χ1n) is 13.4. The number of carbonyl (C=O) groups is 2. The van der Waals surface area contributed by atoms with Crippen LogP contribution in [0.15, 0.2) is 48.7 Å². The minimum atomic E-state index is -1.10. The van der Waals surface area contributed by atoms with Crippen LogP contribution in [0.25, 0.3) is 22.3 Å². The molecular formula is C28H30N10O4. The summed E-state index contributed by atoms with van der Waals surface area (Å²) in [6.45, 7) is 1.57. The van der Waals surface area contributed by atoms with Crippen molar-refractivity contribution in [3.05, 3.63) is 65.8 Å². The quantitative estimate of drug-likeness (QED) is 0.0703. The highest BCUT2D eigenvalue weighted by Crippen LogP contribution is 2.32. The first kappa shape index (κ1) is 28.6. The summed E-state index contributed by atoms with van der Waals surface area (Å²) in [5.41, 5.74) is 8.04. The van der Waals surface area contributed by atoms with Crippen LogP contribution >= 0.6 is 0 Å². The summed E-state index contributed by atoms with van der Waals surface area (Å²) in [6.07, 6.45) is 6.41. The highest BCUT2D eigenvalue weighted by atomic mass is 16.5. The van der Waals surface area contributed by atoms with Crippen LogP contribution in [-0.4, -0.2) is 84.7 Å². The first-order chi connectivity index (χ1) is 20.5. The van der Waals surface area contributed by atoms with Gasteiger partial charge in [-0.1, -0.05) is 6.07 Å². The molecule has 14 nitrogen and oxygen atoms in total. The minimum Gasteiger partial charge on any atom is -0.494 e. The molecular weight excluding hydrogens is 540 g/mol. The third kappa shape index (κ3) is 5.61. The predicted molar refractivity (Wildman–Crippen MR) is 151 cm³/mol. The average Bonchev–Trinajstić information content (AvgIpc) is 3.70. The maximum absolute atomic E-state index is 13.5. The normalized spacial score (nSPS) is 14.0. The number of H-pyrrole nitrogens is 1. The Hall–Kier alpha value is -4.97. The van der Waals surface area contributed by atoms with E-state index < -0.39 is 17.9 Å². The predicted octanol–water partition coefficient (Wildman–Crippen LogP) is 1.26. The van der Waals surface area contributed by atoms with Crippen molar-refractivity contribution in [2.24, 2.45) is 5.73 Å². The summed E-state index contributed by atoms with van der Waals surface area (Å²) < 4.78 is 6.84. The standard InChI is InChI=1S/C28H30N10O4/c1-42-21-15-34-26(38-16-35-25(36-38)27(40)32-10-4-8-29)23-22(21)19(14-33-23)24(39)28(41)37-11-6-17(7-12-37)18(13-30)20-5-2-3-9-31-20/h2-3,5,9,14-16,27,32-33,40H,4,6-8,10-12,29H2,1H3. The number of piperidine rings is 1. The summed E-state index contributed by atoms with van der Waals surface area (Å²) in [7, 11) is 1.45. The Morgan fingerprint density at radius 2 is 2.07 bits per heavy atom. The number of nitrogens with zero attached hydrogens (tertiary/aromatic N) is 7. The van der Waals surface area contributed by atoms with Crippen LogP contribution in [0.4, 0.5) is 0 Å². The summed E-state index contributed by atoms with van der Waals surface area (Å²) in [6, 6.07) is 7.62. The molecule has 14 heteroatoms. The Kier molecular flexibility index (Phi) is 8.63. The van der Waals surface area contributed by atoms with Gasteiger partial charge in [0, 0.05) is 25.5 Å².